The SMILES string of the molecule is CSC(CO)C(C)Nc1ccc(C(=O)N(C)C)cn1. The summed E-state index contributed by atoms with van der Waals surface area (Å²) in [6.07, 6.45) is 3.52. The summed E-state index contributed by atoms with van der Waals surface area (Å²) >= 11 is 1.61. The molecule has 1 amide bonds. The van der Waals surface area contributed by atoms with Gasteiger partial charge in [-0.1, -0.05) is 0 Å². The molecule has 2 N–H and O–H groups in total. The summed E-state index contributed by atoms with van der Waals surface area (Å²) in [5.74, 6) is 0.639. The predicted molar refractivity (Wildman–Crippen MR) is 79.7 cm³/mol. The van der Waals surface area contributed by atoms with Gasteiger partial charge in [0.15, 0.2) is 0 Å². The van der Waals surface area contributed by atoms with Crippen LogP contribution in [0.2, 0.25) is 0 Å². The van der Waals surface area contributed by atoms with Gasteiger partial charge in [0.25, 0.3) is 5.91 Å². The normalized spacial score (nSPS) is 13.7. The lowest BCUT2D eigenvalue weighted by Gasteiger charge is -2.21. The highest BCUT2D eigenvalue weighted by Gasteiger charge is 2.15. The fourth-order valence-electron chi connectivity index (χ4n) is 1.63. The molecule has 0 spiro atoms. The molecule has 6 heteroatoms. The number of hydrogen-bond acceptors (Lipinski definition) is 5. The molecule has 0 fully saturated rings. The average Bonchev–Trinajstić information content (AvgIpc) is 2.40. The number of hydrogen-bond donors (Lipinski definition) is 2. The smallest absolute Gasteiger partial charge is 0.254 e. The van der Waals surface area contributed by atoms with Gasteiger partial charge in [0.2, 0.25) is 0 Å². The van der Waals surface area contributed by atoms with E-state index in [9.17, 15) is 9.90 Å². The number of aliphatic hydroxyl groups is 1. The highest BCUT2D eigenvalue weighted by atomic mass is 32.2. The summed E-state index contributed by atoms with van der Waals surface area (Å²) in [6.45, 7) is 2.12. The Morgan fingerprint density at radius 3 is 2.63 bits per heavy atom. The summed E-state index contributed by atoms with van der Waals surface area (Å²) in [5, 5.41) is 12.6. The molecule has 0 aliphatic carbocycles. The molecule has 106 valence electrons. The molecule has 1 aromatic rings. The van der Waals surface area contributed by atoms with E-state index in [1.54, 1.807) is 44.2 Å². The summed E-state index contributed by atoms with van der Waals surface area (Å²) in [6, 6.07) is 3.63. The Morgan fingerprint density at radius 1 is 1.53 bits per heavy atom. The average molecular weight is 283 g/mol. The van der Waals surface area contributed by atoms with Crippen molar-refractivity contribution in [2.45, 2.75) is 18.2 Å². The monoisotopic (exact) mass is 283 g/mol. The number of aliphatic hydroxyl groups excluding tert-OH is 1. The maximum atomic E-state index is 11.7. The van der Waals surface area contributed by atoms with Crippen molar-refractivity contribution in [3.05, 3.63) is 23.9 Å². The first kappa shape index (κ1) is 15.8. The van der Waals surface area contributed by atoms with Crippen molar-refractivity contribution in [3.63, 3.8) is 0 Å². The number of nitrogens with zero attached hydrogens (tertiary/aromatic N) is 2. The third-order valence-electron chi connectivity index (χ3n) is 2.83. The van der Waals surface area contributed by atoms with Crippen LogP contribution in [0.4, 0.5) is 5.82 Å². The minimum absolute atomic E-state index is 0.0653. The van der Waals surface area contributed by atoms with Gasteiger partial charge in [-0.15, -0.1) is 0 Å². The van der Waals surface area contributed by atoms with Crippen LogP contribution in [0.15, 0.2) is 18.3 Å². The van der Waals surface area contributed by atoms with Crippen LogP contribution < -0.4 is 5.32 Å². The number of aromatic nitrogens is 1. The topological polar surface area (TPSA) is 65.5 Å². The molecule has 2 unspecified atom stereocenters. The molecule has 5 nitrogen and oxygen atoms in total. The molecule has 0 aliphatic rings. The number of pyridine rings is 1. The minimum Gasteiger partial charge on any atom is -0.395 e. The Labute approximate surface area is 118 Å². The first-order valence-corrected chi connectivity index (χ1v) is 7.36. The van der Waals surface area contributed by atoms with E-state index in [1.165, 1.54) is 4.90 Å². The fourth-order valence-corrected chi connectivity index (χ4v) is 2.25. The van der Waals surface area contributed by atoms with Crippen LogP contribution in [0, 0.1) is 0 Å². The van der Waals surface area contributed by atoms with Gasteiger partial charge in [0, 0.05) is 31.6 Å². The zero-order valence-corrected chi connectivity index (χ0v) is 12.6. The highest BCUT2D eigenvalue weighted by Crippen LogP contribution is 2.15. The van der Waals surface area contributed by atoms with Crippen molar-refractivity contribution >= 4 is 23.5 Å². The van der Waals surface area contributed by atoms with Gasteiger partial charge < -0.3 is 15.3 Å². The third-order valence-corrected chi connectivity index (χ3v) is 4.00. The zero-order chi connectivity index (χ0) is 14.4. The van der Waals surface area contributed by atoms with E-state index in [4.69, 9.17) is 0 Å². The Morgan fingerprint density at radius 2 is 2.21 bits per heavy atom. The molecule has 2 atom stereocenters. The van der Waals surface area contributed by atoms with Crippen LogP contribution in [-0.2, 0) is 0 Å². The van der Waals surface area contributed by atoms with Crippen LogP contribution in [0.1, 0.15) is 17.3 Å². The van der Waals surface area contributed by atoms with Crippen LogP contribution in [0.3, 0.4) is 0 Å². The van der Waals surface area contributed by atoms with Crippen LogP contribution >= 0.6 is 11.8 Å². The lowest BCUT2D eigenvalue weighted by atomic mass is 10.2. The van der Waals surface area contributed by atoms with Crippen molar-refractivity contribution in [2.75, 3.05) is 32.3 Å². The molecule has 0 saturated carbocycles. The molecule has 1 rings (SSSR count). The summed E-state index contributed by atoms with van der Waals surface area (Å²) < 4.78 is 0. The number of carbonyl (C=O) groups is 1. The Hall–Kier alpha value is -1.27. The van der Waals surface area contributed by atoms with Gasteiger partial charge in [-0.25, -0.2) is 4.98 Å². The molecule has 0 radical (unpaired) electrons. The van der Waals surface area contributed by atoms with E-state index in [-0.39, 0.29) is 23.8 Å². The van der Waals surface area contributed by atoms with Crippen molar-refractivity contribution in [2.24, 2.45) is 0 Å². The van der Waals surface area contributed by atoms with Crippen LogP contribution in [-0.4, -0.2) is 59.1 Å². The highest BCUT2D eigenvalue weighted by molar-refractivity contribution is 7.99. The Kier molecular flexibility index (Phi) is 6.11. The van der Waals surface area contributed by atoms with Gasteiger partial charge in [-0.05, 0) is 25.3 Å². The molecule has 0 aliphatic heterocycles. The molecule has 0 bridgehead atoms. The molecule has 0 saturated heterocycles. The largest absolute Gasteiger partial charge is 0.395 e. The van der Waals surface area contributed by atoms with E-state index >= 15 is 0 Å². The number of rotatable bonds is 6. The number of nitrogens with one attached hydrogen (secondary N) is 1. The first-order valence-electron chi connectivity index (χ1n) is 6.07. The van der Waals surface area contributed by atoms with Crippen LogP contribution in [0.25, 0.3) is 0 Å². The van der Waals surface area contributed by atoms with E-state index < -0.39 is 0 Å². The van der Waals surface area contributed by atoms with Crippen LogP contribution in [0.5, 0.6) is 0 Å². The number of amides is 1. The third kappa shape index (κ3) is 4.40. The lowest BCUT2D eigenvalue weighted by Crippen LogP contribution is -2.31. The Bertz CT molecular complexity index is 405. The summed E-state index contributed by atoms with van der Waals surface area (Å²) in [4.78, 5) is 17.4. The van der Waals surface area contributed by atoms with Gasteiger partial charge in [-0.3, -0.25) is 4.79 Å². The standard InChI is InChI=1S/C13H21N3O2S/c1-9(11(8-17)19-4)15-12-6-5-10(7-14-12)13(18)16(2)3/h5-7,9,11,17H,8H2,1-4H3,(H,14,15). The molecule has 19 heavy (non-hydrogen) atoms. The van der Waals surface area contributed by atoms with E-state index in [1.807, 2.05) is 13.2 Å². The molecule has 0 aromatic carbocycles. The second kappa shape index (κ2) is 7.35. The predicted octanol–water partition coefficient (Wildman–Crippen LogP) is 1.31. The van der Waals surface area contributed by atoms with Crippen molar-refractivity contribution in [1.29, 1.82) is 0 Å². The van der Waals surface area contributed by atoms with Gasteiger partial charge in [-0.2, -0.15) is 11.8 Å². The number of carbonyl (C=O) groups excluding carboxylic acids is 1. The van der Waals surface area contributed by atoms with Crippen molar-refractivity contribution < 1.29 is 9.90 Å². The van der Waals surface area contributed by atoms with Crippen molar-refractivity contribution in [1.82, 2.24) is 9.88 Å². The van der Waals surface area contributed by atoms with Gasteiger partial charge in [0.05, 0.1) is 12.2 Å². The van der Waals surface area contributed by atoms with E-state index in [2.05, 4.69) is 10.3 Å². The quantitative estimate of drug-likeness (QED) is 0.824. The molecular weight excluding hydrogens is 262 g/mol. The summed E-state index contributed by atoms with van der Waals surface area (Å²) in [5.41, 5.74) is 0.562. The number of thioether (sulfide) groups is 1. The fraction of sp³-hybridized carbons (Fsp3) is 0.538. The Balaban J connectivity index is 2.69. The molecular formula is C13H21N3O2S. The minimum atomic E-state index is -0.0653. The molecule has 1 heterocycles. The second-order valence-electron chi connectivity index (χ2n) is 4.52. The maximum Gasteiger partial charge on any atom is 0.254 e. The number of anilines is 1. The molecule has 1 aromatic heterocycles. The van der Waals surface area contributed by atoms with Gasteiger partial charge in [0.1, 0.15) is 5.82 Å². The summed E-state index contributed by atoms with van der Waals surface area (Å²) in [7, 11) is 3.42. The second-order valence-corrected chi connectivity index (χ2v) is 5.60. The van der Waals surface area contributed by atoms with E-state index in [0.29, 0.717) is 11.4 Å². The van der Waals surface area contributed by atoms with Gasteiger partial charge >= 0.3 is 0 Å². The zero-order valence-electron chi connectivity index (χ0n) is 11.8. The van der Waals surface area contributed by atoms with E-state index in [0.717, 1.165) is 0 Å². The lowest BCUT2D eigenvalue weighted by molar-refractivity contribution is 0.0827. The first-order chi connectivity index (χ1) is 8.99. The van der Waals surface area contributed by atoms with Crippen molar-refractivity contribution in [3.8, 4) is 0 Å². The maximum absolute atomic E-state index is 11.7.